The van der Waals surface area contributed by atoms with Gasteiger partial charge in [-0.3, -0.25) is 4.79 Å². The molecule has 2 heterocycles. The van der Waals surface area contributed by atoms with Gasteiger partial charge >= 0.3 is 0 Å². The van der Waals surface area contributed by atoms with Crippen LogP contribution >= 0.6 is 0 Å². The number of benzene rings is 2. The molecule has 31 heavy (non-hydrogen) atoms. The second kappa shape index (κ2) is 9.29. The second-order valence-corrected chi connectivity index (χ2v) is 7.73. The number of amides is 1. The monoisotopic (exact) mass is 424 g/mol. The zero-order chi connectivity index (χ0) is 21.8. The van der Waals surface area contributed by atoms with Crippen LogP contribution < -0.4 is 14.2 Å². The molecule has 0 aliphatic carbocycles. The number of hydrogen-bond acceptors (Lipinski definition) is 6. The molecule has 1 amide bonds. The van der Waals surface area contributed by atoms with Crippen molar-refractivity contribution in [3.63, 3.8) is 0 Å². The number of fused-ring (bicyclic) bond motifs is 1. The Morgan fingerprint density at radius 3 is 2.55 bits per heavy atom. The summed E-state index contributed by atoms with van der Waals surface area (Å²) in [5.41, 5.74) is 2.63. The van der Waals surface area contributed by atoms with Gasteiger partial charge in [0.1, 0.15) is 5.52 Å². The number of carbonyl (C=O) groups is 1. The Morgan fingerprint density at radius 1 is 1.13 bits per heavy atom. The lowest BCUT2D eigenvalue weighted by Gasteiger charge is -2.31. The van der Waals surface area contributed by atoms with E-state index in [0.29, 0.717) is 36.6 Å². The van der Waals surface area contributed by atoms with E-state index >= 15 is 0 Å². The van der Waals surface area contributed by atoms with Crippen LogP contribution in [0.4, 0.5) is 0 Å². The van der Waals surface area contributed by atoms with Crippen molar-refractivity contribution >= 4 is 17.0 Å². The van der Waals surface area contributed by atoms with E-state index in [1.807, 2.05) is 41.3 Å². The number of carbonyl (C=O) groups excluding carboxylic acids is 1. The normalized spacial score (nSPS) is 16.4. The molecule has 1 atom stereocenters. The van der Waals surface area contributed by atoms with Crippen molar-refractivity contribution in [3.05, 3.63) is 47.9 Å². The highest BCUT2D eigenvalue weighted by Crippen LogP contribution is 2.38. The minimum absolute atomic E-state index is 0.131. The highest BCUT2D eigenvalue weighted by atomic mass is 16.5. The number of ether oxygens (including phenoxy) is 3. The first-order valence-corrected chi connectivity index (χ1v) is 10.5. The van der Waals surface area contributed by atoms with Crippen LogP contribution in [0.1, 0.15) is 36.6 Å². The van der Waals surface area contributed by atoms with Gasteiger partial charge in [-0.1, -0.05) is 12.1 Å². The molecule has 1 aromatic heterocycles. The van der Waals surface area contributed by atoms with E-state index in [2.05, 4.69) is 4.98 Å². The molecule has 0 N–H and O–H groups in total. The molecule has 1 fully saturated rings. The third-order valence-electron chi connectivity index (χ3n) is 5.79. The van der Waals surface area contributed by atoms with E-state index in [0.717, 1.165) is 41.9 Å². The van der Waals surface area contributed by atoms with E-state index in [9.17, 15) is 4.79 Å². The fourth-order valence-corrected chi connectivity index (χ4v) is 4.16. The van der Waals surface area contributed by atoms with E-state index in [1.54, 1.807) is 21.3 Å². The molecule has 0 bridgehead atoms. The molecule has 4 rings (SSSR count). The maximum Gasteiger partial charge on any atom is 0.222 e. The highest BCUT2D eigenvalue weighted by molar-refractivity contribution is 5.77. The highest BCUT2D eigenvalue weighted by Gasteiger charge is 2.28. The number of para-hydroxylation sites is 2. The average molecular weight is 424 g/mol. The zero-order valence-electron chi connectivity index (χ0n) is 18.2. The summed E-state index contributed by atoms with van der Waals surface area (Å²) < 4.78 is 22.1. The molecule has 0 radical (unpaired) electrons. The molecule has 3 aromatic rings. The van der Waals surface area contributed by atoms with Gasteiger partial charge in [0.25, 0.3) is 0 Å². The van der Waals surface area contributed by atoms with Gasteiger partial charge in [-0.25, -0.2) is 4.98 Å². The van der Waals surface area contributed by atoms with E-state index < -0.39 is 0 Å². The van der Waals surface area contributed by atoms with Crippen LogP contribution in [0.3, 0.4) is 0 Å². The molecule has 7 nitrogen and oxygen atoms in total. The van der Waals surface area contributed by atoms with Crippen molar-refractivity contribution in [1.82, 2.24) is 9.88 Å². The second-order valence-electron chi connectivity index (χ2n) is 7.73. The predicted molar refractivity (Wildman–Crippen MR) is 117 cm³/mol. The molecule has 7 heteroatoms. The predicted octanol–water partition coefficient (Wildman–Crippen LogP) is 4.19. The third-order valence-corrected chi connectivity index (χ3v) is 5.79. The molecule has 1 aliphatic heterocycles. The van der Waals surface area contributed by atoms with Crippen LogP contribution in [0.25, 0.3) is 11.1 Å². The van der Waals surface area contributed by atoms with Gasteiger partial charge in [-0.05, 0) is 49.1 Å². The standard InChI is InChI=1S/C24H28N2O5/c1-28-20-13-16(14-21(29-2)23(20)30-3)10-11-22(27)26-12-6-7-17(15-26)24-25-18-8-4-5-9-19(18)31-24/h4-5,8-9,13-14,17H,6-7,10-12,15H2,1-3H3. The number of rotatable bonds is 7. The number of nitrogens with zero attached hydrogens (tertiary/aromatic N) is 2. The van der Waals surface area contributed by atoms with Gasteiger partial charge < -0.3 is 23.5 Å². The first kappa shape index (κ1) is 21.0. The number of hydrogen-bond donors (Lipinski definition) is 0. The SMILES string of the molecule is COc1cc(CCC(=O)N2CCCC(c3nc4ccccc4o3)C2)cc(OC)c1OC. The number of likely N-dealkylation sites (tertiary alicyclic amines) is 1. The van der Waals surface area contributed by atoms with Gasteiger partial charge in [0.05, 0.1) is 27.2 Å². The molecule has 1 unspecified atom stereocenters. The van der Waals surface area contributed by atoms with Crippen LogP contribution in [-0.4, -0.2) is 50.2 Å². The average Bonchev–Trinajstić information content (AvgIpc) is 3.26. The van der Waals surface area contributed by atoms with Crippen molar-refractivity contribution in [2.24, 2.45) is 0 Å². The van der Waals surface area contributed by atoms with Crippen molar-refractivity contribution in [2.75, 3.05) is 34.4 Å². The fraction of sp³-hybridized carbons (Fsp3) is 0.417. The molecule has 1 aliphatic rings. The van der Waals surface area contributed by atoms with Gasteiger partial charge in [-0.2, -0.15) is 0 Å². The zero-order valence-corrected chi connectivity index (χ0v) is 18.2. The number of piperidine rings is 1. The Morgan fingerprint density at radius 2 is 1.87 bits per heavy atom. The van der Waals surface area contributed by atoms with E-state index in [1.165, 1.54) is 0 Å². The minimum atomic E-state index is 0.131. The van der Waals surface area contributed by atoms with Crippen LogP contribution in [-0.2, 0) is 11.2 Å². The molecule has 2 aromatic carbocycles. The van der Waals surface area contributed by atoms with Gasteiger partial charge in [0.15, 0.2) is 23.0 Å². The maximum atomic E-state index is 12.9. The van der Waals surface area contributed by atoms with Gasteiger partial charge in [0, 0.05) is 19.5 Å². The Balaban J connectivity index is 1.41. The van der Waals surface area contributed by atoms with Crippen LogP contribution in [0.15, 0.2) is 40.8 Å². The van der Waals surface area contributed by atoms with Crippen molar-refractivity contribution in [2.45, 2.75) is 31.6 Å². The summed E-state index contributed by atoms with van der Waals surface area (Å²) >= 11 is 0. The quantitative estimate of drug-likeness (QED) is 0.566. The lowest BCUT2D eigenvalue weighted by molar-refractivity contribution is -0.132. The molecule has 0 spiro atoms. The Hall–Kier alpha value is -3.22. The van der Waals surface area contributed by atoms with E-state index in [-0.39, 0.29) is 11.8 Å². The molecular formula is C24H28N2O5. The van der Waals surface area contributed by atoms with Gasteiger partial charge in [-0.15, -0.1) is 0 Å². The smallest absolute Gasteiger partial charge is 0.222 e. The summed E-state index contributed by atoms with van der Waals surface area (Å²) in [4.78, 5) is 19.5. The molecule has 0 saturated carbocycles. The summed E-state index contributed by atoms with van der Waals surface area (Å²) in [6.07, 6.45) is 2.93. The summed E-state index contributed by atoms with van der Waals surface area (Å²) in [5, 5.41) is 0. The topological polar surface area (TPSA) is 74.0 Å². The Kier molecular flexibility index (Phi) is 6.30. The third kappa shape index (κ3) is 4.45. The summed E-state index contributed by atoms with van der Waals surface area (Å²) in [5.74, 6) is 2.73. The van der Waals surface area contributed by atoms with Gasteiger partial charge in [0.2, 0.25) is 11.7 Å². The summed E-state index contributed by atoms with van der Waals surface area (Å²) in [7, 11) is 4.76. The van der Waals surface area contributed by atoms with Crippen molar-refractivity contribution < 1.29 is 23.4 Å². The first-order valence-electron chi connectivity index (χ1n) is 10.5. The lowest BCUT2D eigenvalue weighted by Crippen LogP contribution is -2.39. The van der Waals surface area contributed by atoms with Crippen LogP contribution in [0.2, 0.25) is 0 Å². The number of methoxy groups -OCH3 is 3. The molecule has 1 saturated heterocycles. The number of oxazole rings is 1. The molecule has 164 valence electrons. The van der Waals surface area contributed by atoms with Crippen LogP contribution in [0, 0.1) is 0 Å². The van der Waals surface area contributed by atoms with E-state index in [4.69, 9.17) is 18.6 Å². The van der Waals surface area contributed by atoms with Crippen molar-refractivity contribution in [1.29, 1.82) is 0 Å². The fourth-order valence-electron chi connectivity index (χ4n) is 4.16. The first-order chi connectivity index (χ1) is 15.1. The largest absolute Gasteiger partial charge is 0.493 e. The number of aromatic nitrogens is 1. The maximum absolute atomic E-state index is 12.9. The summed E-state index contributed by atoms with van der Waals surface area (Å²) in [6.45, 7) is 1.41. The molecular weight excluding hydrogens is 396 g/mol. The Bertz CT molecular complexity index is 1000. The summed E-state index contributed by atoms with van der Waals surface area (Å²) in [6, 6.07) is 11.6. The number of aryl methyl sites for hydroxylation is 1. The minimum Gasteiger partial charge on any atom is -0.493 e. The Labute approximate surface area is 181 Å². The lowest BCUT2D eigenvalue weighted by atomic mass is 9.97. The van der Waals surface area contributed by atoms with Crippen LogP contribution in [0.5, 0.6) is 17.2 Å². The van der Waals surface area contributed by atoms with Crippen molar-refractivity contribution in [3.8, 4) is 17.2 Å².